The lowest BCUT2D eigenvalue weighted by Crippen LogP contribution is -2.47. The fourth-order valence-corrected chi connectivity index (χ4v) is 2.83. The SMILES string of the molecule is CC(=O)Nc1ccc(S(=O)(=O)NNC(=O)[C@H](C)Oc2ccccc2F)cc1. The first-order chi connectivity index (χ1) is 12.7. The van der Waals surface area contributed by atoms with Crippen LogP contribution >= 0.6 is 0 Å². The highest BCUT2D eigenvalue weighted by Gasteiger charge is 2.20. The minimum atomic E-state index is -4.04. The van der Waals surface area contributed by atoms with Gasteiger partial charge in [0.1, 0.15) is 0 Å². The van der Waals surface area contributed by atoms with Gasteiger partial charge in [-0.25, -0.2) is 12.8 Å². The number of ether oxygens (including phenoxy) is 1. The van der Waals surface area contributed by atoms with Crippen LogP contribution < -0.4 is 20.3 Å². The Morgan fingerprint density at radius 1 is 1.07 bits per heavy atom. The second-order valence-electron chi connectivity index (χ2n) is 5.49. The fourth-order valence-electron chi connectivity index (χ4n) is 1.98. The van der Waals surface area contributed by atoms with Crippen LogP contribution in [0.15, 0.2) is 53.4 Å². The standard InChI is InChI=1S/C17H18FN3O5S/c1-11(26-16-6-4-3-5-15(16)18)17(23)20-21-27(24,25)14-9-7-13(8-10-14)19-12(2)22/h3-11,21H,1-2H3,(H,19,22)(H,20,23)/t11-/m0/s1. The maximum absolute atomic E-state index is 13.5. The summed E-state index contributed by atoms with van der Waals surface area (Å²) in [6.45, 7) is 2.67. The highest BCUT2D eigenvalue weighted by molar-refractivity contribution is 7.89. The maximum atomic E-state index is 13.5. The molecule has 0 unspecified atom stereocenters. The van der Waals surface area contributed by atoms with Crippen LogP contribution in [-0.2, 0) is 19.6 Å². The van der Waals surface area contributed by atoms with Crippen LogP contribution in [0.3, 0.4) is 0 Å². The molecule has 10 heteroatoms. The summed E-state index contributed by atoms with van der Waals surface area (Å²) in [7, 11) is -4.04. The highest BCUT2D eigenvalue weighted by Crippen LogP contribution is 2.17. The lowest BCUT2D eigenvalue weighted by atomic mass is 10.3. The fraction of sp³-hybridized carbons (Fsp3) is 0.176. The number of benzene rings is 2. The number of hydrogen-bond donors (Lipinski definition) is 3. The molecule has 0 aliphatic rings. The average Bonchev–Trinajstić information content (AvgIpc) is 2.61. The molecule has 0 aliphatic carbocycles. The zero-order chi connectivity index (χ0) is 20.0. The maximum Gasteiger partial charge on any atom is 0.275 e. The Balaban J connectivity index is 1.96. The number of sulfonamides is 1. The molecule has 3 N–H and O–H groups in total. The van der Waals surface area contributed by atoms with E-state index in [0.717, 1.165) is 0 Å². The molecule has 2 rings (SSSR count). The van der Waals surface area contributed by atoms with Gasteiger partial charge in [-0.2, -0.15) is 0 Å². The number of halogens is 1. The van der Waals surface area contributed by atoms with Crippen molar-refractivity contribution in [3.8, 4) is 5.75 Å². The summed E-state index contributed by atoms with van der Waals surface area (Å²) in [5.74, 6) is -1.87. The van der Waals surface area contributed by atoms with E-state index in [-0.39, 0.29) is 16.6 Å². The van der Waals surface area contributed by atoms with Gasteiger partial charge in [0.25, 0.3) is 15.9 Å². The average molecular weight is 395 g/mol. The van der Waals surface area contributed by atoms with Crippen molar-refractivity contribution in [3.63, 3.8) is 0 Å². The van der Waals surface area contributed by atoms with Crippen LogP contribution in [0.1, 0.15) is 13.8 Å². The minimum Gasteiger partial charge on any atom is -0.478 e. The number of carbonyl (C=O) groups is 2. The van der Waals surface area contributed by atoms with E-state index in [2.05, 4.69) is 5.32 Å². The van der Waals surface area contributed by atoms with Gasteiger partial charge in [-0.05, 0) is 43.3 Å². The minimum absolute atomic E-state index is 0.125. The van der Waals surface area contributed by atoms with Crippen LogP contribution in [0, 0.1) is 5.82 Å². The number of para-hydroxylation sites is 1. The molecule has 0 spiro atoms. The van der Waals surface area contributed by atoms with Crippen molar-refractivity contribution in [3.05, 3.63) is 54.3 Å². The van der Waals surface area contributed by atoms with Crippen molar-refractivity contribution in [2.75, 3.05) is 5.32 Å². The zero-order valence-corrected chi connectivity index (χ0v) is 15.3. The van der Waals surface area contributed by atoms with Gasteiger partial charge in [0.2, 0.25) is 5.91 Å². The molecule has 0 heterocycles. The topological polar surface area (TPSA) is 114 Å². The molecule has 2 aromatic rings. The summed E-state index contributed by atoms with van der Waals surface area (Å²) in [5, 5.41) is 2.51. The molecule has 144 valence electrons. The number of hydrazine groups is 1. The Labute approximate surface area is 155 Å². The summed E-state index contributed by atoms with van der Waals surface area (Å²) in [6.07, 6.45) is -1.15. The van der Waals surface area contributed by atoms with E-state index in [4.69, 9.17) is 4.74 Å². The molecule has 0 bridgehead atoms. The Hall–Kier alpha value is -2.98. The van der Waals surface area contributed by atoms with Crippen LogP contribution in [-0.4, -0.2) is 26.3 Å². The molecule has 0 saturated carbocycles. The number of carbonyl (C=O) groups excluding carboxylic acids is 2. The van der Waals surface area contributed by atoms with Crippen molar-refractivity contribution < 1.29 is 27.1 Å². The molecule has 1 atom stereocenters. The van der Waals surface area contributed by atoms with Gasteiger partial charge in [0, 0.05) is 12.6 Å². The van der Waals surface area contributed by atoms with Gasteiger partial charge in [-0.1, -0.05) is 12.1 Å². The van der Waals surface area contributed by atoms with Crippen molar-refractivity contribution in [1.82, 2.24) is 10.3 Å². The zero-order valence-electron chi connectivity index (χ0n) is 14.5. The first kappa shape index (κ1) is 20.3. The first-order valence-corrected chi connectivity index (χ1v) is 9.28. The molecular weight excluding hydrogens is 377 g/mol. The summed E-state index contributed by atoms with van der Waals surface area (Å²) in [4.78, 5) is 24.7. The molecule has 2 amide bonds. The third-order valence-corrected chi connectivity index (χ3v) is 4.57. The van der Waals surface area contributed by atoms with Gasteiger partial charge in [0.05, 0.1) is 4.90 Å². The van der Waals surface area contributed by atoms with E-state index >= 15 is 0 Å². The quantitative estimate of drug-likeness (QED) is 0.616. The van der Waals surface area contributed by atoms with Gasteiger partial charge in [-0.3, -0.25) is 15.0 Å². The van der Waals surface area contributed by atoms with E-state index in [1.54, 1.807) is 0 Å². The third kappa shape index (κ3) is 5.76. The van der Waals surface area contributed by atoms with E-state index in [9.17, 15) is 22.4 Å². The van der Waals surface area contributed by atoms with E-state index in [1.807, 2.05) is 10.3 Å². The number of nitrogens with one attached hydrogen (secondary N) is 3. The van der Waals surface area contributed by atoms with Crippen LogP contribution in [0.4, 0.5) is 10.1 Å². The van der Waals surface area contributed by atoms with Gasteiger partial charge >= 0.3 is 0 Å². The Bertz CT molecular complexity index is 932. The summed E-state index contributed by atoms with van der Waals surface area (Å²) < 4.78 is 43.1. The molecule has 0 radical (unpaired) electrons. The molecule has 2 aromatic carbocycles. The number of rotatable bonds is 7. The Morgan fingerprint density at radius 2 is 1.70 bits per heavy atom. The molecule has 8 nitrogen and oxygen atoms in total. The lowest BCUT2D eigenvalue weighted by Gasteiger charge is -2.15. The number of hydrogen-bond acceptors (Lipinski definition) is 5. The highest BCUT2D eigenvalue weighted by atomic mass is 32.2. The van der Waals surface area contributed by atoms with E-state index < -0.39 is 27.9 Å². The van der Waals surface area contributed by atoms with E-state index in [1.165, 1.54) is 62.4 Å². The predicted octanol–water partition coefficient (Wildman–Crippen LogP) is 1.56. The lowest BCUT2D eigenvalue weighted by molar-refractivity contribution is -0.127. The van der Waals surface area contributed by atoms with E-state index in [0.29, 0.717) is 5.69 Å². The molecule has 0 saturated heterocycles. The summed E-state index contributed by atoms with van der Waals surface area (Å²) >= 11 is 0. The molecule has 27 heavy (non-hydrogen) atoms. The molecule has 0 aliphatic heterocycles. The predicted molar refractivity (Wildman–Crippen MR) is 95.7 cm³/mol. The van der Waals surface area contributed by atoms with Gasteiger partial charge < -0.3 is 10.1 Å². The molecule has 0 aromatic heterocycles. The Kier molecular flexibility index (Phi) is 6.48. The van der Waals surface area contributed by atoms with Crippen molar-refractivity contribution >= 4 is 27.5 Å². The summed E-state index contributed by atoms with van der Waals surface area (Å²) in [5.41, 5.74) is 2.44. The van der Waals surface area contributed by atoms with Crippen molar-refractivity contribution in [2.45, 2.75) is 24.8 Å². The summed E-state index contributed by atoms with van der Waals surface area (Å²) in [6, 6.07) is 10.9. The third-order valence-electron chi connectivity index (χ3n) is 3.30. The largest absolute Gasteiger partial charge is 0.478 e. The van der Waals surface area contributed by atoms with Crippen molar-refractivity contribution in [1.29, 1.82) is 0 Å². The van der Waals surface area contributed by atoms with Crippen LogP contribution in [0.25, 0.3) is 0 Å². The normalized spacial score (nSPS) is 12.1. The Morgan fingerprint density at radius 3 is 2.30 bits per heavy atom. The number of anilines is 1. The van der Waals surface area contributed by atoms with Gasteiger partial charge in [0.15, 0.2) is 17.7 Å². The monoisotopic (exact) mass is 395 g/mol. The first-order valence-electron chi connectivity index (χ1n) is 7.79. The van der Waals surface area contributed by atoms with Gasteiger partial charge in [-0.15, -0.1) is 4.83 Å². The van der Waals surface area contributed by atoms with Crippen molar-refractivity contribution in [2.24, 2.45) is 0 Å². The molecular formula is C17H18FN3O5S. The molecule has 0 fully saturated rings. The smallest absolute Gasteiger partial charge is 0.275 e. The second-order valence-corrected chi connectivity index (χ2v) is 7.17. The second kappa shape index (κ2) is 8.60. The number of amides is 2. The van der Waals surface area contributed by atoms with Crippen LogP contribution in [0.2, 0.25) is 0 Å². The van der Waals surface area contributed by atoms with Crippen LogP contribution in [0.5, 0.6) is 5.75 Å².